The van der Waals surface area contributed by atoms with E-state index in [1.165, 1.54) is 30.5 Å². The molecule has 0 bridgehead atoms. The normalized spacial score (nSPS) is 15.1. The first-order chi connectivity index (χ1) is 11.3. The lowest BCUT2D eigenvalue weighted by Gasteiger charge is -2.12. The van der Waals surface area contributed by atoms with E-state index in [0.717, 1.165) is 6.42 Å². The van der Waals surface area contributed by atoms with E-state index in [4.69, 9.17) is 0 Å². The molecule has 1 aliphatic heterocycles. The van der Waals surface area contributed by atoms with E-state index in [-0.39, 0.29) is 10.8 Å². The van der Waals surface area contributed by atoms with Crippen molar-refractivity contribution < 1.29 is 17.6 Å². The highest BCUT2D eigenvalue weighted by molar-refractivity contribution is 7.92. The maximum Gasteiger partial charge on any atom is 0.270 e. The molecule has 1 amide bonds. The third-order valence-electron chi connectivity index (χ3n) is 4.07. The number of halogens is 1. The number of aromatic nitrogens is 1. The Morgan fingerprint density at radius 3 is 2.67 bits per heavy atom. The highest BCUT2D eigenvalue weighted by Crippen LogP contribution is 2.23. The summed E-state index contributed by atoms with van der Waals surface area (Å²) < 4.78 is 42.4. The van der Waals surface area contributed by atoms with Crippen molar-refractivity contribution in [2.24, 2.45) is 0 Å². The van der Waals surface area contributed by atoms with Gasteiger partial charge in [0.25, 0.3) is 15.9 Å². The fourth-order valence-corrected chi connectivity index (χ4v) is 3.88. The molecule has 1 aromatic carbocycles. The number of nitrogens with one attached hydrogen (secondary N) is 1. The molecule has 3 rings (SSSR count). The van der Waals surface area contributed by atoms with Crippen molar-refractivity contribution in [2.75, 3.05) is 18.3 Å². The molecule has 6 nitrogen and oxygen atoms in total. The summed E-state index contributed by atoms with van der Waals surface area (Å²) in [6, 6.07) is 5.21. The van der Waals surface area contributed by atoms with Crippen molar-refractivity contribution >= 4 is 21.6 Å². The van der Waals surface area contributed by atoms with Crippen LogP contribution in [0.15, 0.2) is 35.4 Å². The fraction of sp³-hybridized carbons (Fsp3) is 0.312. The summed E-state index contributed by atoms with van der Waals surface area (Å²) >= 11 is 0. The maximum atomic E-state index is 13.2. The van der Waals surface area contributed by atoms with Crippen LogP contribution < -0.4 is 4.72 Å². The zero-order chi connectivity index (χ0) is 17.5. The molecule has 0 unspecified atom stereocenters. The van der Waals surface area contributed by atoms with Gasteiger partial charge in [0.15, 0.2) is 0 Å². The Bertz CT molecular complexity index is 905. The van der Waals surface area contributed by atoms with Crippen molar-refractivity contribution in [1.29, 1.82) is 0 Å². The van der Waals surface area contributed by atoms with Crippen molar-refractivity contribution in [3.05, 3.63) is 47.5 Å². The summed E-state index contributed by atoms with van der Waals surface area (Å²) in [4.78, 5) is 13.9. The van der Waals surface area contributed by atoms with Gasteiger partial charge in [-0.3, -0.25) is 9.52 Å². The van der Waals surface area contributed by atoms with Crippen LogP contribution in [0.4, 0.5) is 10.1 Å². The molecule has 8 heteroatoms. The Morgan fingerprint density at radius 1 is 1.21 bits per heavy atom. The summed E-state index contributed by atoms with van der Waals surface area (Å²) in [5, 5.41) is 0. The standard InChI is InChI=1S/C16H18FN3O3S/c1-11-8-12(17)4-5-14(11)18-24(22,23)13-9-15-16(21)19(2)6-3-7-20(15)10-13/h4-5,8-10,18H,3,6-7H2,1-2H3. The molecule has 0 saturated carbocycles. The van der Waals surface area contributed by atoms with Crippen LogP contribution in [0.1, 0.15) is 22.5 Å². The summed E-state index contributed by atoms with van der Waals surface area (Å²) in [5.74, 6) is -0.633. The predicted octanol–water partition coefficient (Wildman–Crippen LogP) is 2.21. The molecule has 0 atom stereocenters. The quantitative estimate of drug-likeness (QED) is 0.922. The smallest absolute Gasteiger partial charge is 0.270 e. The van der Waals surface area contributed by atoms with Crippen LogP contribution in [0.25, 0.3) is 0 Å². The van der Waals surface area contributed by atoms with Gasteiger partial charge < -0.3 is 9.47 Å². The summed E-state index contributed by atoms with van der Waals surface area (Å²) in [6.07, 6.45) is 2.22. The van der Waals surface area contributed by atoms with Gasteiger partial charge in [0.05, 0.1) is 5.69 Å². The van der Waals surface area contributed by atoms with E-state index >= 15 is 0 Å². The number of hydrogen-bond donors (Lipinski definition) is 1. The first-order valence-corrected chi connectivity index (χ1v) is 9.01. The molecule has 2 heterocycles. The lowest BCUT2D eigenvalue weighted by Crippen LogP contribution is -2.26. The number of nitrogens with zero attached hydrogens (tertiary/aromatic N) is 2. The molecule has 2 aromatic rings. The molecule has 24 heavy (non-hydrogen) atoms. The average Bonchev–Trinajstić information content (AvgIpc) is 2.89. The minimum absolute atomic E-state index is 0.0184. The van der Waals surface area contributed by atoms with Gasteiger partial charge in [0.2, 0.25) is 0 Å². The number of carbonyl (C=O) groups excluding carboxylic acids is 1. The lowest BCUT2D eigenvalue weighted by atomic mass is 10.2. The van der Waals surface area contributed by atoms with Crippen LogP contribution in [0.2, 0.25) is 0 Å². The van der Waals surface area contributed by atoms with Crippen molar-refractivity contribution in [1.82, 2.24) is 9.47 Å². The Morgan fingerprint density at radius 2 is 1.96 bits per heavy atom. The Kier molecular flexibility index (Phi) is 4.08. The van der Waals surface area contributed by atoms with Gasteiger partial charge in [-0.1, -0.05) is 0 Å². The highest BCUT2D eigenvalue weighted by Gasteiger charge is 2.25. The number of sulfonamides is 1. The summed E-state index contributed by atoms with van der Waals surface area (Å²) in [6.45, 7) is 2.83. The molecule has 0 aliphatic carbocycles. The zero-order valence-electron chi connectivity index (χ0n) is 13.4. The average molecular weight is 351 g/mol. The predicted molar refractivity (Wildman–Crippen MR) is 88.0 cm³/mol. The van der Waals surface area contributed by atoms with E-state index in [9.17, 15) is 17.6 Å². The number of anilines is 1. The zero-order valence-corrected chi connectivity index (χ0v) is 14.2. The maximum absolute atomic E-state index is 13.2. The van der Waals surface area contributed by atoms with Gasteiger partial charge >= 0.3 is 0 Å². The minimum Gasteiger partial charge on any atom is -0.342 e. The van der Waals surface area contributed by atoms with E-state index in [1.807, 2.05) is 0 Å². The second-order valence-electron chi connectivity index (χ2n) is 5.90. The van der Waals surface area contributed by atoms with E-state index in [2.05, 4.69) is 4.72 Å². The highest BCUT2D eigenvalue weighted by atomic mass is 32.2. The third-order valence-corrected chi connectivity index (χ3v) is 5.41. The first kappa shape index (κ1) is 16.5. The molecule has 0 spiro atoms. The van der Waals surface area contributed by atoms with E-state index < -0.39 is 15.8 Å². The topological polar surface area (TPSA) is 71.4 Å². The molecule has 128 valence electrons. The molecule has 1 N–H and O–H groups in total. The fourth-order valence-electron chi connectivity index (χ4n) is 2.72. The van der Waals surface area contributed by atoms with Crippen molar-refractivity contribution in [3.8, 4) is 0 Å². The molecular weight excluding hydrogens is 333 g/mol. The lowest BCUT2D eigenvalue weighted by molar-refractivity contribution is 0.0796. The third kappa shape index (κ3) is 3.01. The van der Waals surface area contributed by atoms with Crippen LogP contribution in [0.5, 0.6) is 0 Å². The Balaban J connectivity index is 1.95. The van der Waals surface area contributed by atoms with Gasteiger partial charge in [0, 0.05) is 26.3 Å². The van der Waals surface area contributed by atoms with Gasteiger partial charge in [-0.25, -0.2) is 12.8 Å². The molecule has 1 aliphatic rings. The van der Waals surface area contributed by atoms with Crippen LogP contribution in [0, 0.1) is 12.7 Å². The van der Waals surface area contributed by atoms with Gasteiger partial charge in [-0.2, -0.15) is 0 Å². The monoisotopic (exact) mass is 351 g/mol. The van der Waals surface area contributed by atoms with Crippen LogP contribution in [-0.4, -0.2) is 37.4 Å². The number of benzene rings is 1. The second-order valence-corrected chi connectivity index (χ2v) is 7.58. The number of fused-ring (bicyclic) bond motifs is 1. The van der Waals surface area contributed by atoms with Crippen molar-refractivity contribution in [2.45, 2.75) is 24.8 Å². The number of amides is 1. The van der Waals surface area contributed by atoms with Gasteiger partial charge in [-0.15, -0.1) is 0 Å². The molecule has 0 radical (unpaired) electrons. The van der Waals surface area contributed by atoms with Crippen LogP contribution in [-0.2, 0) is 16.6 Å². The van der Waals surface area contributed by atoms with E-state index in [0.29, 0.717) is 30.0 Å². The number of hydrogen-bond acceptors (Lipinski definition) is 3. The molecular formula is C16H18FN3O3S. The Labute approximate surface area is 139 Å². The van der Waals surface area contributed by atoms with Crippen LogP contribution in [0.3, 0.4) is 0 Å². The van der Waals surface area contributed by atoms with E-state index in [1.54, 1.807) is 23.4 Å². The first-order valence-electron chi connectivity index (χ1n) is 7.52. The number of aryl methyl sites for hydroxylation is 2. The number of carbonyl (C=O) groups is 1. The molecule has 0 fully saturated rings. The Hall–Kier alpha value is -2.35. The minimum atomic E-state index is -3.86. The SMILES string of the molecule is Cc1cc(F)ccc1NS(=O)(=O)c1cc2n(c1)CCCN(C)C2=O. The largest absolute Gasteiger partial charge is 0.342 e. The second kappa shape index (κ2) is 5.94. The van der Waals surface area contributed by atoms with Gasteiger partial charge in [0.1, 0.15) is 16.4 Å². The number of rotatable bonds is 3. The molecule has 1 aromatic heterocycles. The van der Waals surface area contributed by atoms with Gasteiger partial charge in [-0.05, 0) is 43.2 Å². The van der Waals surface area contributed by atoms with Crippen LogP contribution >= 0.6 is 0 Å². The molecule has 0 saturated heterocycles. The summed E-state index contributed by atoms with van der Waals surface area (Å²) in [5.41, 5.74) is 1.14. The van der Waals surface area contributed by atoms with Crippen molar-refractivity contribution in [3.63, 3.8) is 0 Å². The summed E-state index contributed by atoms with van der Waals surface area (Å²) in [7, 11) is -2.17.